The monoisotopic (exact) mass is 297 g/mol. The lowest BCUT2D eigenvalue weighted by Gasteiger charge is -2.01. The molecule has 0 aliphatic heterocycles. The van der Waals surface area contributed by atoms with Crippen molar-refractivity contribution in [2.75, 3.05) is 0 Å². The molecule has 0 aliphatic carbocycles. The average molecular weight is 297 g/mol. The molecule has 2 heteroatoms. The van der Waals surface area contributed by atoms with Crippen LogP contribution in [-0.4, -0.2) is 4.98 Å². The van der Waals surface area contributed by atoms with E-state index < -0.39 is 0 Å². The van der Waals surface area contributed by atoms with Gasteiger partial charge in [0.2, 0.25) is 5.89 Å². The van der Waals surface area contributed by atoms with Gasteiger partial charge in [0.15, 0.2) is 5.58 Å². The van der Waals surface area contributed by atoms with Gasteiger partial charge in [-0.05, 0) is 34.9 Å². The van der Waals surface area contributed by atoms with E-state index in [4.69, 9.17) is 4.42 Å². The number of para-hydroxylation sites is 2. The third kappa shape index (κ3) is 2.92. The van der Waals surface area contributed by atoms with Crippen LogP contribution in [0.1, 0.15) is 11.5 Å². The lowest BCUT2D eigenvalue weighted by molar-refractivity contribution is 0.590. The van der Waals surface area contributed by atoms with Crippen molar-refractivity contribution < 1.29 is 4.42 Å². The van der Waals surface area contributed by atoms with Crippen LogP contribution in [0.2, 0.25) is 0 Å². The van der Waals surface area contributed by atoms with E-state index in [-0.39, 0.29) is 0 Å². The summed E-state index contributed by atoms with van der Waals surface area (Å²) in [6.07, 6.45) is 3.91. The van der Waals surface area contributed by atoms with Crippen LogP contribution in [0.3, 0.4) is 0 Å². The fourth-order valence-corrected chi connectivity index (χ4v) is 2.55. The van der Waals surface area contributed by atoms with E-state index in [1.807, 2.05) is 42.5 Å². The molecule has 1 aromatic heterocycles. The third-order valence-corrected chi connectivity index (χ3v) is 3.75. The van der Waals surface area contributed by atoms with Gasteiger partial charge in [-0.3, -0.25) is 0 Å². The van der Waals surface area contributed by atoms with Gasteiger partial charge >= 0.3 is 0 Å². The SMILES string of the molecule is C(=C\c1nc2ccccc2o1)/c1ccc(-c2ccccc2)cc1. The molecular weight excluding hydrogens is 282 g/mol. The van der Waals surface area contributed by atoms with Crippen molar-refractivity contribution in [1.29, 1.82) is 0 Å². The Morgan fingerprint density at radius 1 is 0.652 bits per heavy atom. The zero-order chi connectivity index (χ0) is 15.5. The van der Waals surface area contributed by atoms with Crippen LogP contribution < -0.4 is 0 Å². The minimum Gasteiger partial charge on any atom is -0.437 e. The maximum Gasteiger partial charge on any atom is 0.220 e. The Balaban J connectivity index is 1.56. The van der Waals surface area contributed by atoms with Gasteiger partial charge in [0.05, 0.1) is 0 Å². The Hall–Kier alpha value is -3.13. The molecule has 0 unspecified atom stereocenters. The second-order valence-corrected chi connectivity index (χ2v) is 5.34. The predicted octanol–water partition coefficient (Wildman–Crippen LogP) is 5.67. The van der Waals surface area contributed by atoms with E-state index in [0.717, 1.165) is 16.7 Å². The standard InChI is InChI=1S/C21H15NO/c1-2-6-17(7-3-1)18-13-10-16(11-14-18)12-15-21-22-19-8-4-5-9-20(19)23-21/h1-15H/b15-12+. The summed E-state index contributed by atoms with van der Waals surface area (Å²) in [6, 6.07) is 26.6. The van der Waals surface area contributed by atoms with Crippen LogP contribution in [0.4, 0.5) is 0 Å². The lowest BCUT2D eigenvalue weighted by Crippen LogP contribution is -1.78. The van der Waals surface area contributed by atoms with Crippen LogP contribution in [-0.2, 0) is 0 Å². The molecule has 0 aliphatic rings. The minimum absolute atomic E-state index is 0.623. The van der Waals surface area contributed by atoms with Crippen molar-refractivity contribution in [3.63, 3.8) is 0 Å². The molecule has 0 atom stereocenters. The molecule has 1 heterocycles. The summed E-state index contributed by atoms with van der Waals surface area (Å²) in [5, 5.41) is 0. The number of fused-ring (bicyclic) bond motifs is 1. The average Bonchev–Trinajstić information content (AvgIpc) is 3.04. The van der Waals surface area contributed by atoms with Crippen LogP contribution in [0, 0.1) is 0 Å². The molecule has 0 radical (unpaired) electrons. The molecule has 23 heavy (non-hydrogen) atoms. The first kappa shape index (κ1) is 13.5. The zero-order valence-corrected chi connectivity index (χ0v) is 12.5. The summed E-state index contributed by atoms with van der Waals surface area (Å²) in [5.74, 6) is 0.623. The Kier molecular flexibility index (Phi) is 3.49. The highest BCUT2D eigenvalue weighted by molar-refractivity contribution is 5.76. The summed E-state index contributed by atoms with van der Waals surface area (Å²) in [5.41, 5.74) is 5.25. The molecule has 4 aromatic rings. The van der Waals surface area contributed by atoms with Gasteiger partial charge < -0.3 is 4.42 Å². The van der Waals surface area contributed by atoms with Gasteiger partial charge in [-0.25, -0.2) is 4.98 Å². The summed E-state index contributed by atoms with van der Waals surface area (Å²) >= 11 is 0. The topological polar surface area (TPSA) is 26.0 Å². The molecule has 2 nitrogen and oxygen atoms in total. The number of aromatic nitrogens is 1. The molecule has 0 spiro atoms. The largest absolute Gasteiger partial charge is 0.437 e. The number of rotatable bonds is 3. The summed E-state index contributed by atoms with van der Waals surface area (Å²) < 4.78 is 5.68. The van der Waals surface area contributed by atoms with Gasteiger partial charge in [-0.2, -0.15) is 0 Å². The van der Waals surface area contributed by atoms with Crippen molar-refractivity contribution in [3.05, 3.63) is 90.3 Å². The Labute approximate surface area is 134 Å². The van der Waals surface area contributed by atoms with Gasteiger partial charge in [-0.15, -0.1) is 0 Å². The molecule has 0 amide bonds. The van der Waals surface area contributed by atoms with Crippen molar-refractivity contribution in [2.45, 2.75) is 0 Å². The van der Waals surface area contributed by atoms with Crippen molar-refractivity contribution in [1.82, 2.24) is 4.98 Å². The van der Waals surface area contributed by atoms with Crippen molar-refractivity contribution in [2.24, 2.45) is 0 Å². The van der Waals surface area contributed by atoms with E-state index in [9.17, 15) is 0 Å². The van der Waals surface area contributed by atoms with Gasteiger partial charge in [0.25, 0.3) is 0 Å². The van der Waals surface area contributed by atoms with Crippen LogP contribution in [0.25, 0.3) is 34.4 Å². The normalized spacial score (nSPS) is 11.3. The van der Waals surface area contributed by atoms with Crippen molar-refractivity contribution in [3.8, 4) is 11.1 Å². The first-order valence-corrected chi connectivity index (χ1v) is 7.58. The van der Waals surface area contributed by atoms with Gasteiger partial charge in [0.1, 0.15) is 5.52 Å². The molecule has 4 rings (SSSR count). The summed E-state index contributed by atoms with van der Waals surface area (Å²) in [7, 11) is 0. The van der Waals surface area contributed by atoms with Crippen LogP contribution >= 0.6 is 0 Å². The highest BCUT2D eigenvalue weighted by atomic mass is 16.3. The fraction of sp³-hybridized carbons (Fsp3) is 0. The predicted molar refractivity (Wildman–Crippen MR) is 94.8 cm³/mol. The molecule has 3 aromatic carbocycles. The van der Waals surface area contributed by atoms with Crippen LogP contribution in [0.5, 0.6) is 0 Å². The first-order chi connectivity index (χ1) is 11.4. The Bertz CT molecular complexity index is 917. The van der Waals surface area contributed by atoms with E-state index in [1.165, 1.54) is 11.1 Å². The van der Waals surface area contributed by atoms with Crippen molar-refractivity contribution >= 4 is 23.3 Å². The highest BCUT2D eigenvalue weighted by Gasteiger charge is 2.01. The third-order valence-electron chi connectivity index (χ3n) is 3.75. The molecule has 0 saturated carbocycles. The minimum atomic E-state index is 0.623. The second kappa shape index (κ2) is 5.93. The maximum atomic E-state index is 5.68. The number of hydrogen-bond acceptors (Lipinski definition) is 2. The van der Waals surface area contributed by atoms with Crippen LogP contribution in [0.15, 0.2) is 83.3 Å². The smallest absolute Gasteiger partial charge is 0.220 e. The Morgan fingerprint density at radius 2 is 1.35 bits per heavy atom. The quantitative estimate of drug-likeness (QED) is 0.487. The summed E-state index contributed by atoms with van der Waals surface area (Å²) in [4.78, 5) is 4.44. The molecule has 110 valence electrons. The number of hydrogen-bond donors (Lipinski definition) is 0. The van der Waals surface area contributed by atoms with E-state index in [2.05, 4.69) is 53.5 Å². The molecular formula is C21H15NO. The maximum absolute atomic E-state index is 5.68. The van der Waals surface area contributed by atoms with E-state index in [1.54, 1.807) is 0 Å². The summed E-state index contributed by atoms with van der Waals surface area (Å²) in [6.45, 7) is 0. The molecule has 0 N–H and O–H groups in total. The number of benzene rings is 3. The second-order valence-electron chi connectivity index (χ2n) is 5.34. The van der Waals surface area contributed by atoms with E-state index in [0.29, 0.717) is 5.89 Å². The molecule has 0 fully saturated rings. The molecule has 0 saturated heterocycles. The highest BCUT2D eigenvalue weighted by Crippen LogP contribution is 2.21. The van der Waals surface area contributed by atoms with Gasteiger partial charge in [0, 0.05) is 6.08 Å². The zero-order valence-electron chi connectivity index (χ0n) is 12.5. The fourth-order valence-electron chi connectivity index (χ4n) is 2.55. The van der Waals surface area contributed by atoms with Gasteiger partial charge in [-0.1, -0.05) is 66.7 Å². The number of nitrogens with zero attached hydrogens (tertiary/aromatic N) is 1. The first-order valence-electron chi connectivity index (χ1n) is 7.58. The molecule has 0 bridgehead atoms. The number of oxazole rings is 1. The Morgan fingerprint density at radius 3 is 2.13 bits per heavy atom. The van der Waals surface area contributed by atoms with E-state index >= 15 is 0 Å². The lowest BCUT2D eigenvalue weighted by atomic mass is 10.0.